The van der Waals surface area contributed by atoms with E-state index >= 15 is 0 Å². The zero-order chi connectivity index (χ0) is 40.8. The molecule has 0 aromatic heterocycles. The van der Waals surface area contributed by atoms with E-state index in [-0.39, 0.29) is 45.1 Å². The number of hydrogen-bond donors (Lipinski definition) is 2. The highest BCUT2D eigenvalue weighted by atomic mass is 32.2. The van der Waals surface area contributed by atoms with E-state index in [0.717, 1.165) is 25.9 Å². The molecule has 1 heterocycles. The van der Waals surface area contributed by atoms with E-state index in [9.17, 15) is 22.7 Å². The molecule has 8 heteroatoms. The van der Waals surface area contributed by atoms with Crippen LogP contribution in [0.3, 0.4) is 0 Å². The van der Waals surface area contributed by atoms with Crippen LogP contribution in [0.2, 0.25) is 0 Å². The van der Waals surface area contributed by atoms with Gasteiger partial charge in [0, 0.05) is 26.2 Å². The molecule has 7 aliphatic rings. The van der Waals surface area contributed by atoms with Crippen LogP contribution in [-0.4, -0.2) is 74.3 Å². The molecule has 6 nitrogen and oxygen atoms in total. The SMILES string of the molecule is CC(C)C1=C2[C@H]3CC[C@@H]4[C@@]5(C)CC=C(C6=CC[C@](CF)(C(=O)O)CC6)C(C)(C)[C@@H]5CC[C@@]4(C)[C@]3(C)CC[C@@]2(NCCN2CCS(=O)(=O)CC2)C=C1c1ccccc1. The van der Waals surface area contributed by atoms with E-state index in [1.54, 1.807) is 11.1 Å². The van der Waals surface area contributed by atoms with Crippen LogP contribution in [-0.2, 0) is 14.6 Å². The number of carboxylic acids is 1. The third kappa shape index (κ3) is 6.33. The van der Waals surface area contributed by atoms with Gasteiger partial charge in [-0.15, -0.1) is 0 Å². The van der Waals surface area contributed by atoms with Crippen LogP contribution >= 0.6 is 0 Å². The number of nitrogens with zero attached hydrogens (tertiary/aromatic N) is 1. The number of nitrogens with one attached hydrogen (secondary N) is 1. The molecule has 0 unspecified atom stereocenters. The zero-order valence-corrected chi connectivity index (χ0v) is 36.7. The molecule has 1 aliphatic heterocycles. The number of aliphatic carboxylic acids is 1. The molecule has 4 fully saturated rings. The van der Waals surface area contributed by atoms with E-state index in [1.165, 1.54) is 54.4 Å². The highest BCUT2D eigenvalue weighted by molar-refractivity contribution is 7.91. The Hall–Kier alpha value is -2.55. The number of alkyl halides is 1. The van der Waals surface area contributed by atoms with Crippen molar-refractivity contribution < 1.29 is 22.7 Å². The Bertz CT molecular complexity index is 2000. The number of benzene rings is 1. The van der Waals surface area contributed by atoms with Gasteiger partial charge in [0.25, 0.3) is 0 Å². The van der Waals surface area contributed by atoms with Crippen molar-refractivity contribution in [1.82, 2.24) is 10.2 Å². The fourth-order valence-electron chi connectivity index (χ4n) is 14.6. The molecule has 6 aliphatic carbocycles. The average molecular weight is 801 g/mol. The van der Waals surface area contributed by atoms with Gasteiger partial charge in [-0.2, -0.15) is 0 Å². The predicted molar refractivity (Wildman–Crippen MR) is 229 cm³/mol. The molecule has 3 saturated carbocycles. The van der Waals surface area contributed by atoms with Gasteiger partial charge in [0.15, 0.2) is 9.84 Å². The summed E-state index contributed by atoms with van der Waals surface area (Å²) in [4.78, 5) is 14.4. The van der Waals surface area contributed by atoms with Gasteiger partial charge < -0.3 is 15.3 Å². The molecule has 1 saturated heterocycles. The second-order valence-electron chi connectivity index (χ2n) is 21.1. The molecule has 8 rings (SSSR count). The number of sulfone groups is 1. The molecular weight excluding hydrogens is 732 g/mol. The van der Waals surface area contributed by atoms with E-state index in [1.807, 2.05) is 0 Å². The Morgan fingerprint density at radius 1 is 0.912 bits per heavy atom. The molecule has 0 amide bonds. The summed E-state index contributed by atoms with van der Waals surface area (Å²) in [5.41, 5.74) is 7.49. The summed E-state index contributed by atoms with van der Waals surface area (Å²) in [6.07, 6.45) is 16.6. The smallest absolute Gasteiger partial charge is 0.312 e. The minimum absolute atomic E-state index is 0.0473. The maximum absolute atomic E-state index is 14.1. The molecule has 0 bridgehead atoms. The Labute approximate surface area is 342 Å². The summed E-state index contributed by atoms with van der Waals surface area (Å²) in [5, 5.41) is 14.1. The van der Waals surface area contributed by atoms with Gasteiger partial charge in [-0.1, -0.05) is 97.0 Å². The van der Waals surface area contributed by atoms with E-state index in [0.29, 0.717) is 49.6 Å². The maximum Gasteiger partial charge on any atom is 0.312 e. The van der Waals surface area contributed by atoms with Crippen molar-refractivity contribution in [3.05, 3.63) is 76.4 Å². The van der Waals surface area contributed by atoms with Gasteiger partial charge in [-0.25, -0.2) is 12.8 Å². The molecular formula is C49H69FN2O4S. The predicted octanol–water partition coefficient (Wildman–Crippen LogP) is 9.85. The van der Waals surface area contributed by atoms with Crippen LogP contribution < -0.4 is 5.32 Å². The summed E-state index contributed by atoms with van der Waals surface area (Å²) < 4.78 is 38.5. The van der Waals surface area contributed by atoms with Crippen LogP contribution in [0.5, 0.6) is 0 Å². The van der Waals surface area contributed by atoms with Crippen LogP contribution in [0.4, 0.5) is 4.39 Å². The van der Waals surface area contributed by atoms with Crippen LogP contribution in [0.25, 0.3) is 5.57 Å². The van der Waals surface area contributed by atoms with Gasteiger partial charge in [0.2, 0.25) is 0 Å². The molecule has 312 valence electrons. The van der Waals surface area contributed by atoms with Gasteiger partial charge in [0.1, 0.15) is 6.67 Å². The van der Waals surface area contributed by atoms with Gasteiger partial charge >= 0.3 is 5.97 Å². The van der Waals surface area contributed by atoms with E-state index < -0.39 is 27.9 Å². The van der Waals surface area contributed by atoms with Crippen molar-refractivity contribution in [3.8, 4) is 0 Å². The van der Waals surface area contributed by atoms with Crippen molar-refractivity contribution in [2.24, 2.45) is 50.7 Å². The van der Waals surface area contributed by atoms with E-state index in [2.05, 4.69) is 107 Å². The average Bonchev–Trinajstić information content (AvgIpc) is 3.52. The quantitative estimate of drug-likeness (QED) is 0.259. The number of rotatable bonds is 9. The normalized spacial score (nSPS) is 39.9. The number of halogens is 1. The minimum atomic E-state index is -2.92. The molecule has 1 aromatic rings. The second-order valence-corrected chi connectivity index (χ2v) is 23.4. The first kappa shape index (κ1) is 41.2. The largest absolute Gasteiger partial charge is 0.481 e. The highest BCUT2D eigenvalue weighted by Gasteiger charge is 2.69. The third-order valence-corrected chi connectivity index (χ3v) is 19.5. The van der Waals surface area contributed by atoms with Crippen LogP contribution in [0.15, 0.2) is 70.9 Å². The number of hydrogen-bond acceptors (Lipinski definition) is 5. The van der Waals surface area contributed by atoms with Crippen molar-refractivity contribution in [2.45, 2.75) is 118 Å². The fraction of sp³-hybridized carbons (Fsp3) is 0.694. The first-order chi connectivity index (χ1) is 26.9. The Morgan fingerprint density at radius 3 is 2.26 bits per heavy atom. The summed E-state index contributed by atoms with van der Waals surface area (Å²) >= 11 is 0. The maximum atomic E-state index is 14.1. The number of allylic oxidation sites excluding steroid dienone is 6. The highest BCUT2D eigenvalue weighted by Crippen LogP contribution is 2.76. The molecule has 1 aromatic carbocycles. The number of carboxylic acid groups (broad SMARTS) is 1. The van der Waals surface area contributed by atoms with Gasteiger partial charge in [-0.05, 0) is 143 Å². The van der Waals surface area contributed by atoms with Crippen molar-refractivity contribution in [3.63, 3.8) is 0 Å². The molecule has 2 N–H and O–H groups in total. The lowest BCUT2D eigenvalue weighted by atomic mass is 9.33. The minimum Gasteiger partial charge on any atom is -0.481 e. The summed E-state index contributed by atoms with van der Waals surface area (Å²) in [7, 11) is -2.92. The van der Waals surface area contributed by atoms with E-state index in [4.69, 9.17) is 0 Å². The monoisotopic (exact) mass is 800 g/mol. The molecule has 0 spiro atoms. The van der Waals surface area contributed by atoms with Crippen molar-refractivity contribution >= 4 is 21.4 Å². The fourth-order valence-corrected chi connectivity index (χ4v) is 15.9. The van der Waals surface area contributed by atoms with Crippen molar-refractivity contribution in [2.75, 3.05) is 44.4 Å². The van der Waals surface area contributed by atoms with Crippen LogP contribution in [0, 0.1) is 50.7 Å². The number of fused-ring (bicyclic) bond motifs is 7. The lowest BCUT2D eigenvalue weighted by Crippen LogP contribution is -2.66. The van der Waals surface area contributed by atoms with Crippen molar-refractivity contribution in [1.29, 1.82) is 0 Å². The standard InChI is InChI=1S/C49H69FN2O4S/c1-33(2)41-36(34-11-9-8-10-12-34)31-49(51-25-26-52-27-29-57(55,56)30-28-52)24-23-46(6)38(42(41)49)13-14-40-45(5)19-17-37(44(3,4)39(45)18-20-47(40,46)7)35-15-21-48(32-50,22-16-35)43(53)54/h8-12,15,17,31,33,38-40,51H,13-14,16,18-30,32H2,1-7H3,(H,53,54)/t38-,39+,40-,45+,46-,47-,48+,49-/m1/s1. The van der Waals surface area contributed by atoms with Gasteiger partial charge in [0.05, 0.1) is 22.5 Å². The zero-order valence-electron chi connectivity index (χ0n) is 35.9. The Balaban J connectivity index is 1.12. The topological polar surface area (TPSA) is 86.7 Å². The lowest BCUT2D eigenvalue weighted by Gasteiger charge is -2.71. The summed E-state index contributed by atoms with van der Waals surface area (Å²) in [6.45, 7) is 19.8. The molecule has 0 radical (unpaired) electrons. The Morgan fingerprint density at radius 2 is 1.63 bits per heavy atom. The summed E-state index contributed by atoms with van der Waals surface area (Å²) in [5.74, 6) is 1.48. The number of carbonyl (C=O) groups is 1. The first-order valence-corrected chi connectivity index (χ1v) is 24.1. The lowest BCUT2D eigenvalue weighted by molar-refractivity contribution is -0.195. The Kier molecular flexibility index (Phi) is 10.3. The molecule has 57 heavy (non-hydrogen) atoms. The van der Waals surface area contributed by atoms with Crippen LogP contribution in [0.1, 0.15) is 118 Å². The first-order valence-electron chi connectivity index (χ1n) is 22.3. The second kappa shape index (κ2) is 14.3. The van der Waals surface area contributed by atoms with Gasteiger partial charge in [-0.3, -0.25) is 4.79 Å². The summed E-state index contributed by atoms with van der Waals surface area (Å²) in [6, 6.07) is 11.0. The molecule has 8 atom stereocenters. The third-order valence-electron chi connectivity index (χ3n) is 17.9.